The van der Waals surface area contributed by atoms with Gasteiger partial charge < -0.3 is 14.8 Å². The number of hydrogen-bond acceptors (Lipinski definition) is 4. The Hall–Kier alpha value is -2.09. The molecule has 1 aromatic heterocycles. The topological polar surface area (TPSA) is 69.2 Å². The third-order valence-corrected chi connectivity index (χ3v) is 3.17. The van der Waals surface area contributed by atoms with Crippen LogP contribution in [0.15, 0.2) is 47.1 Å². The fourth-order valence-corrected chi connectivity index (χ4v) is 2.01. The maximum absolute atomic E-state index is 10.1. The predicted molar refractivity (Wildman–Crippen MR) is 76.0 cm³/mol. The number of furan rings is 1. The third kappa shape index (κ3) is 3.95. The molecule has 0 saturated heterocycles. The first-order chi connectivity index (χ1) is 9.69. The summed E-state index contributed by atoms with van der Waals surface area (Å²) in [4.78, 5) is 0. The van der Waals surface area contributed by atoms with Crippen molar-refractivity contribution in [3.8, 4) is 6.07 Å². The molecule has 0 aliphatic heterocycles. The molecule has 1 heterocycles. The molecule has 1 aromatic carbocycles. The van der Waals surface area contributed by atoms with Gasteiger partial charge in [-0.2, -0.15) is 5.26 Å². The van der Waals surface area contributed by atoms with Gasteiger partial charge in [0, 0.05) is 19.0 Å². The molecule has 2 N–H and O–H groups in total. The average molecular weight is 270 g/mol. The van der Waals surface area contributed by atoms with Crippen molar-refractivity contribution in [3.63, 3.8) is 0 Å². The Kier molecular flexibility index (Phi) is 4.94. The Bertz CT molecular complexity index is 555. The predicted octanol–water partition coefficient (Wildman–Crippen LogP) is 2.41. The van der Waals surface area contributed by atoms with Crippen molar-refractivity contribution in [2.75, 3.05) is 6.54 Å². The summed E-state index contributed by atoms with van der Waals surface area (Å²) in [5, 5.41) is 22.1. The number of hydrogen-bond donors (Lipinski definition) is 2. The minimum Gasteiger partial charge on any atom is -0.469 e. The van der Waals surface area contributed by atoms with Crippen LogP contribution < -0.4 is 5.32 Å². The zero-order chi connectivity index (χ0) is 14.4. The van der Waals surface area contributed by atoms with E-state index in [9.17, 15) is 5.11 Å². The van der Waals surface area contributed by atoms with E-state index < -0.39 is 6.10 Å². The van der Waals surface area contributed by atoms with Crippen LogP contribution in [-0.4, -0.2) is 17.7 Å². The van der Waals surface area contributed by atoms with Gasteiger partial charge in [-0.15, -0.1) is 0 Å². The lowest BCUT2D eigenvalue weighted by Gasteiger charge is -2.16. The van der Waals surface area contributed by atoms with Crippen molar-refractivity contribution in [3.05, 3.63) is 59.5 Å². The van der Waals surface area contributed by atoms with Gasteiger partial charge in [-0.3, -0.25) is 0 Å². The number of aliphatic hydroxyl groups is 1. The van der Waals surface area contributed by atoms with Crippen molar-refractivity contribution >= 4 is 0 Å². The Balaban J connectivity index is 1.82. The van der Waals surface area contributed by atoms with E-state index in [0.717, 1.165) is 17.7 Å². The number of benzene rings is 1. The summed E-state index contributed by atoms with van der Waals surface area (Å²) in [5.74, 6) is 0.929. The van der Waals surface area contributed by atoms with Crippen LogP contribution in [0.1, 0.15) is 29.9 Å². The van der Waals surface area contributed by atoms with Gasteiger partial charge in [0.15, 0.2) is 0 Å². The van der Waals surface area contributed by atoms with E-state index in [0.29, 0.717) is 12.1 Å². The first kappa shape index (κ1) is 14.3. The lowest BCUT2D eigenvalue weighted by Crippen LogP contribution is -2.31. The molecule has 2 aromatic rings. The van der Waals surface area contributed by atoms with Crippen LogP contribution >= 0.6 is 0 Å². The van der Waals surface area contributed by atoms with E-state index in [4.69, 9.17) is 9.68 Å². The highest BCUT2D eigenvalue weighted by atomic mass is 16.3. The summed E-state index contributed by atoms with van der Waals surface area (Å²) >= 11 is 0. The Morgan fingerprint density at radius 3 is 2.65 bits per heavy atom. The molecule has 0 saturated carbocycles. The van der Waals surface area contributed by atoms with Crippen LogP contribution in [0.25, 0.3) is 0 Å². The number of rotatable bonds is 6. The first-order valence-electron chi connectivity index (χ1n) is 6.63. The van der Waals surface area contributed by atoms with Crippen LogP contribution in [0, 0.1) is 11.3 Å². The molecular formula is C16H18N2O2. The van der Waals surface area contributed by atoms with Crippen molar-refractivity contribution in [1.29, 1.82) is 5.26 Å². The minimum absolute atomic E-state index is 0.217. The highest BCUT2D eigenvalue weighted by Crippen LogP contribution is 2.13. The van der Waals surface area contributed by atoms with Gasteiger partial charge in [-0.05, 0) is 36.8 Å². The molecule has 2 atom stereocenters. The highest BCUT2D eigenvalue weighted by Gasteiger charge is 2.10. The maximum atomic E-state index is 10.1. The molecule has 2 unspecified atom stereocenters. The number of nitrogens with one attached hydrogen (secondary N) is 1. The van der Waals surface area contributed by atoms with Crippen molar-refractivity contribution in [2.24, 2.45) is 0 Å². The van der Waals surface area contributed by atoms with E-state index in [1.165, 1.54) is 0 Å². The second-order valence-electron chi connectivity index (χ2n) is 4.84. The van der Waals surface area contributed by atoms with Crippen LogP contribution in [0.3, 0.4) is 0 Å². The van der Waals surface area contributed by atoms with Gasteiger partial charge in [-0.1, -0.05) is 12.1 Å². The first-order valence-corrected chi connectivity index (χ1v) is 6.63. The quantitative estimate of drug-likeness (QED) is 0.845. The van der Waals surface area contributed by atoms with Gasteiger partial charge in [0.25, 0.3) is 0 Å². The number of nitriles is 1. The van der Waals surface area contributed by atoms with Gasteiger partial charge in [0.1, 0.15) is 5.76 Å². The molecule has 104 valence electrons. The second kappa shape index (κ2) is 6.90. The molecular weight excluding hydrogens is 252 g/mol. The van der Waals surface area contributed by atoms with Crippen LogP contribution in [0.2, 0.25) is 0 Å². The normalized spacial score (nSPS) is 13.7. The lowest BCUT2D eigenvalue weighted by molar-refractivity contribution is 0.170. The third-order valence-electron chi connectivity index (χ3n) is 3.17. The SMILES string of the molecule is CC(Cc1ccco1)NCC(O)c1ccc(C#N)cc1. The number of aliphatic hydroxyl groups excluding tert-OH is 1. The Morgan fingerprint density at radius 1 is 1.30 bits per heavy atom. The zero-order valence-corrected chi connectivity index (χ0v) is 11.4. The standard InChI is InChI=1S/C16H18N2O2/c1-12(9-15-3-2-8-20-15)18-11-16(19)14-6-4-13(10-17)5-7-14/h2-8,12,16,18-19H,9,11H2,1H3. The summed E-state index contributed by atoms with van der Waals surface area (Å²) < 4.78 is 5.29. The monoisotopic (exact) mass is 270 g/mol. The fourth-order valence-electron chi connectivity index (χ4n) is 2.01. The molecule has 4 heteroatoms. The van der Waals surface area contributed by atoms with E-state index >= 15 is 0 Å². The summed E-state index contributed by atoms with van der Waals surface area (Å²) in [5.41, 5.74) is 1.40. The summed E-state index contributed by atoms with van der Waals surface area (Å²) in [7, 11) is 0. The smallest absolute Gasteiger partial charge is 0.105 e. The molecule has 0 bridgehead atoms. The Labute approximate surface area is 118 Å². The van der Waals surface area contributed by atoms with E-state index in [-0.39, 0.29) is 6.04 Å². The Morgan fingerprint density at radius 2 is 2.05 bits per heavy atom. The maximum Gasteiger partial charge on any atom is 0.105 e. The second-order valence-corrected chi connectivity index (χ2v) is 4.84. The molecule has 0 aliphatic carbocycles. The van der Waals surface area contributed by atoms with Gasteiger partial charge in [-0.25, -0.2) is 0 Å². The van der Waals surface area contributed by atoms with E-state index in [1.807, 2.05) is 19.1 Å². The fraction of sp³-hybridized carbons (Fsp3) is 0.312. The molecule has 2 rings (SSSR count). The zero-order valence-electron chi connectivity index (χ0n) is 11.4. The minimum atomic E-state index is -0.582. The summed E-state index contributed by atoms with van der Waals surface area (Å²) in [6, 6.07) is 13.1. The van der Waals surface area contributed by atoms with Crippen LogP contribution in [-0.2, 0) is 6.42 Å². The van der Waals surface area contributed by atoms with Crippen LogP contribution in [0.4, 0.5) is 0 Å². The molecule has 0 aliphatic rings. The summed E-state index contributed by atoms with van der Waals surface area (Å²) in [6.07, 6.45) is 1.86. The van der Waals surface area contributed by atoms with Gasteiger partial charge >= 0.3 is 0 Å². The van der Waals surface area contributed by atoms with Crippen molar-refractivity contribution in [2.45, 2.75) is 25.5 Å². The molecule has 0 radical (unpaired) electrons. The number of nitrogens with zero attached hydrogens (tertiary/aromatic N) is 1. The molecule has 0 amide bonds. The molecule has 0 fully saturated rings. The van der Waals surface area contributed by atoms with E-state index in [2.05, 4.69) is 11.4 Å². The average Bonchev–Trinajstić information content (AvgIpc) is 2.97. The van der Waals surface area contributed by atoms with Crippen molar-refractivity contribution in [1.82, 2.24) is 5.32 Å². The largest absolute Gasteiger partial charge is 0.469 e. The van der Waals surface area contributed by atoms with Gasteiger partial charge in [0.2, 0.25) is 0 Å². The van der Waals surface area contributed by atoms with Gasteiger partial charge in [0.05, 0.1) is 24.0 Å². The van der Waals surface area contributed by atoms with E-state index in [1.54, 1.807) is 30.5 Å². The van der Waals surface area contributed by atoms with Crippen molar-refractivity contribution < 1.29 is 9.52 Å². The molecule has 0 spiro atoms. The van der Waals surface area contributed by atoms with Crippen LogP contribution in [0.5, 0.6) is 0 Å². The lowest BCUT2D eigenvalue weighted by atomic mass is 10.1. The summed E-state index contributed by atoms with van der Waals surface area (Å²) in [6.45, 7) is 2.52. The highest BCUT2D eigenvalue weighted by molar-refractivity contribution is 5.32. The molecule has 20 heavy (non-hydrogen) atoms. The molecule has 4 nitrogen and oxygen atoms in total.